The van der Waals surface area contributed by atoms with Gasteiger partial charge in [0, 0.05) is 19.5 Å². The van der Waals surface area contributed by atoms with E-state index in [0.717, 1.165) is 25.7 Å². The molecule has 1 unspecified atom stereocenters. The molecular weight excluding hydrogens is 390 g/mol. The maximum absolute atomic E-state index is 12.8. The van der Waals surface area contributed by atoms with E-state index >= 15 is 0 Å². The Labute approximate surface area is 176 Å². The lowest BCUT2D eigenvalue weighted by Crippen LogP contribution is -2.51. The number of ether oxygens (including phenoxy) is 1. The molecule has 1 saturated heterocycles. The van der Waals surface area contributed by atoms with Gasteiger partial charge < -0.3 is 9.64 Å². The van der Waals surface area contributed by atoms with E-state index in [-0.39, 0.29) is 18.3 Å². The standard InChI is InChI=1S/C19H31N7O4/c1-3-15-20-18(22-19(21-15)25-8-10-30-11-9-25)24-23-17(28)16(26(29)12-27)14-6-4-13(2)5-7-14/h12-14,16,29H,3-11H2,1-2H3,(H,23,28)(H,20,21,22,24). The summed E-state index contributed by atoms with van der Waals surface area (Å²) in [6, 6.07) is -0.964. The highest BCUT2D eigenvalue weighted by Gasteiger charge is 2.35. The zero-order valence-electron chi connectivity index (χ0n) is 17.6. The fourth-order valence-corrected chi connectivity index (χ4v) is 3.94. The van der Waals surface area contributed by atoms with E-state index in [2.05, 4.69) is 32.7 Å². The minimum atomic E-state index is -0.964. The highest BCUT2D eigenvalue weighted by atomic mass is 16.5. The average molecular weight is 422 g/mol. The summed E-state index contributed by atoms with van der Waals surface area (Å²) in [4.78, 5) is 39.1. The van der Waals surface area contributed by atoms with E-state index in [9.17, 15) is 14.8 Å². The summed E-state index contributed by atoms with van der Waals surface area (Å²) in [7, 11) is 0. The van der Waals surface area contributed by atoms with E-state index in [0.29, 0.717) is 55.5 Å². The number of carbonyl (C=O) groups excluding carboxylic acids is 2. The van der Waals surface area contributed by atoms with E-state index in [4.69, 9.17) is 4.74 Å². The molecule has 30 heavy (non-hydrogen) atoms. The first-order valence-corrected chi connectivity index (χ1v) is 10.6. The number of nitrogens with one attached hydrogen (secondary N) is 2. The fraction of sp³-hybridized carbons (Fsp3) is 0.737. The van der Waals surface area contributed by atoms with Crippen molar-refractivity contribution in [2.75, 3.05) is 36.6 Å². The molecule has 11 heteroatoms. The van der Waals surface area contributed by atoms with Crippen molar-refractivity contribution in [2.24, 2.45) is 11.8 Å². The molecule has 2 heterocycles. The molecule has 3 N–H and O–H groups in total. The molecule has 1 aromatic rings. The maximum atomic E-state index is 12.8. The molecule has 1 aliphatic heterocycles. The highest BCUT2D eigenvalue weighted by Crippen LogP contribution is 2.32. The van der Waals surface area contributed by atoms with Gasteiger partial charge in [0.15, 0.2) is 0 Å². The SMILES string of the molecule is CCc1nc(NNC(=O)C(C2CCC(C)CC2)N(O)C=O)nc(N2CCOCC2)n1. The van der Waals surface area contributed by atoms with Crippen LogP contribution in [0.25, 0.3) is 0 Å². The number of morpholine rings is 1. The summed E-state index contributed by atoms with van der Waals surface area (Å²) in [5.74, 6) is 1.31. The molecule has 2 aliphatic rings. The molecule has 1 saturated carbocycles. The summed E-state index contributed by atoms with van der Waals surface area (Å²) in [5.41, 5.74) is 5.29. The lowest BCUT2D eigenvalue weighted by atomic mass is 9.79. The van der Waals surface area contributed by atoms with Crippen molar-refractivity contribution in [1.82, 2.24) is 25.4 Å². The molecule has 3 rings (SSSR count). The van der Waals surface area contributed by atoms with Gasteiger partial charge in [0.1, 0.15) is 11.9 Å². The monoisotopic (exact) mass is 421 g/mol. The number of rotatable bonds is 8. The van der Waals surface area contributed by atoms with Crippen molar-refractivity contribution in [3.05, 3.63) is 5.82 Å². The second kappa shape index (κ2) is 10.5. The van der Waals surface area contributed by atoms with Crippen LogP contribution in [0, 0.1) is 11.8 Å². The quantitative estimate of drug-likeness (QED) is 0.316. The van der Waals surface area contributed by atoms with Gasteiger partial charge >= 0.3 is 0 Å². The number of aromatic nitrogens is 3. The third kappa shape index (κ3) is 5.54. The summed E-state index contributed by atoms with van der Waals surface area (Å²) >= 11 is 0. The number of anilines is 2. The van der Waals surface area contributed by atoms with Crippen molar-refractivity contribution in [1.29, 1.82) is 0 Å². The Morgan fingerprint density at radius 3 is 2.60 bits per heavy atom. The molecule has 0 bridgehead atoms. The summed E-state index contributed by atoms with van der Waals surface area (Å²) in [5, 5.41) is 10.5. The maximum Gasteiger partial charge on any atom is 0.264 e. The molecule has 1 atom stereocenters. The van der Waals surface area contributed by atoms with Crippen LogP contribution in [0.4, 0.5) is 11.9 Å². The third-order valence-corrected chi connectivity index (χ3v) is 5.75. The minimum Gasteiger partial charge on any atom is -0.378 e. The number of hydrazine groups is 1. The zero-order valence-corrected chi connectivity index (χ0v) is 17.6. The van der Waals surface area contributed by atoms with Crippen LogP contribution in [-0.2, 0) is 20.7 Å². The van der Waals surface area contributed by atoms with Crippen molar-refractivity contribution >= 4 is 24.2 Å². The zero-order chi connectivity index (χ0) is 21.5. The van der Waals surface area contributed by atoms with Gasteiger partial charge in [0.05, 0.1) is 13.2 Å². The highest BCUT2D eigenvalue weighted by molar-refractivity contribution is 5.84. The molecule has 166 valence electrons. The first-order valence-electron chi connectivity index (χ1n) is 10.6. The third-order valence-electron chi connectivity index (χ3n) is 5.75. The Balaban J connectivity index is 1.69. The number of hydrogen-bond donors (Lipinski definition) is 3. The number of hydrogen-bond acceptors (Lipinski definition) is 9. The molecule has 0 radical (unpaired) electrons. The lowest BCUT2D eigenvalue weighted by Gasteiger charge is -2.34. The van der Waals surface area contributed by atoms with E-state index in [1.807, 2.05) is 11.8 Å². The number of nitrogens with zero attached hydrogens (tertiary/aromatic N) is 5. The van der Waals surface area contributed by atoms with Crippen molar-refractivity contribution in [2.45, 2.75) is 52.0 Å². The van der Waals surface area contributed by atoms with Gasteiger partial charge in [-0.05, 0) is 24.7 Å². The van der Waals surface area contributed by atoms with Crippen molar-refractivity contribution < 1.29 is 19.5 Å². The van der Waals surface area contributed by atoms with Gasteiger partial charge in [0.2, 0.25) is 18.3 Å². The molecular formula is C19H31N7O4. The van der Waals surface area contributed by atoms with Crippen LogP contribution in [0.3, 0.4) is 0 Å². The summed E-state index contributed by atoms with van der Waals surface area (Å²) in [6.45, 7) is 6.68. The van der Waals surface area contributed by atoms with Crippen LogP contribution in [-0.4, -0.2) is 69.9 Å². The number of amides is 2. The second-order valence-electron chi connectivity index (χ2n) is 7.89. The Hall–Kier alpha value is -2.53. The predicted molar refractivity (Wildman–Crippen MR) is 109 cm³/mol. The van der Waals surface area contributed by atoms with Gasteiger partial charge in [-0.25, -0.2) is 5.06 Å². The van der Waals surface area contributed by atoms with Crippen LogP contribution in [0.5, 0.6) is 0 Å². The van der Waals surface area contributed by atoms with E-state index in [1.54, 1.807) is 0 Å². The predicted octanol–water partition coefficient (Wildman–Crippen LogP) is 0.756. The Bertz CT molecular complexity index is 721. The minimum absolute atomic E-state index is 0.105. The van der Waals surface area contributed by atoms with Crippen LogP contribution in [0.2, 0.25) is 0 Å². The van der Waals surface area contributed by atoms with Gasteiger partial charge in [0.25, 0.3) is 5.91 Å². The van der Waals surface area contributed by atoms with Gasteiger partial charge in [-0.2, -0.15) is 15.0 Å². The van der Waals surface area contributed by atoms with Crippen LogP contribution in [0.1, 0.15) is 45.4 Å². The smallest absolute Gasteiger partial charge is 0.264 e. The topological polar surface area (TPSA) is 133 Å². The first-order chi connectivity index (χ1) is 14.5. The Morgan fingerprint density at radius 1 is 1.27 bits per heavy atom. The molecule has 2 fully saturated rings. The lowest BCUT2D eigenvalue weighted by molar-refractivity contribution is -0.173. The van der Waals surface area contributed by atoms with Crippen LogP contribution in [0.15, 0.2) is 0 Å². The van der Waals surface area contributed by atoms with Crippen molar-refractivity contribution in [3.63, 3.8) is 0 Å². The normalized spacial score (nSPS) is 22.8. The number of carbonyl (C=O) groups is 2. The molecule has 0 spiro atoms. The molecule has 0 aromatic carbocycles. The second-order valence-corrected chi connectivity index (χ2v) is 7.89. The van der Waals surface area contributed by atoms with Crippen LogP contribution < -0.4 is 15.8 Å². The van der Waals surface area contributed by atoms with Gasteiger partial charge in [-0.3, -0.25) is 25.6 Å². The largest absolute Gasteiger partial charge is 0.378 e. The summed E-state index contributed by atoms with van der Waals surface area (Å²) in [6.07, 6.45) is 4.36. The first kappa shape index (κ1) is 22.2. The molecule has 1 aromatic heterocycles. The Morgan fingerprint density at radius 2 is 1.97 bits per heavy atom. The van der Waals surface area contributed by atoms with E-state index in [1.165, 1.54) is 0 Å². The van der Waals surface area contributed by atoms with Crippen LogP contribution >= 0.6 is 0 Å². The van der Waals surface area contributed by atoms with Gasteiger partial charge in [-0.15, -0.1) is 0 Å². The Kier molecular flexibility index (Phi) is 7.75. The van der Waals surface area contributed by atoms with Gasteiger partial charge in [-0.1, -0.05) is 26.7 Å². The number of hydroxylamine groups is 2. The van der Waals surface area contributed by atoms with E-state index < -0.39 is 11.9 Å². The average Bonchev–Trinajstić information content (AvgIpc) is 2.79. The molecule has 2 amide bonds. The fourth-order valence-electron chi connectivity index (χ4n) is 3.94. The summed E-state index contributed by atoms with van der Waals surface area (Å²) < 4.78 is 5.37. The molecule has 1 aliphatic carbocycles. The molecule has 11 nitrogen and oxygen atoms in total. The van der Waals surface area contributed by atoms with Crippen molar-refractivity contribution in [3.8, 4) is 0 Å². The number of aryl methyl sites for hydroxylation is 1.